The number of halogens is 1. The van der Waals surface area contributed by atoms with Crippen molar-refractivity contribution in [2.24, 2.45) is 17.4 Å². The number of hydrogen-bond donors (Lipinski definition) is 2. The molecule has 11 heavy (non-hydrogen) atoms. The fourth-order valence-corrected chi connectivity index (χ4v) is 1.07. The molecule has 2 unspecified atom stereocenters. The first-order valence-electron chi connectivity index (χ1n) is 3.35. The topological polar surface area (TPSA) is 78.3 Å². The van der Waals surface area contributed by atoms with Crippen molar-refractivity contribution in [1.82, 2.24) is 0 Å². The third-order valence-corrected chi connectivity index (χ3v) is 1.75. The smallest absolute Gasteiger partial charge is 0.222 e. The minimum absolute atomic E-state index is 0. The van der Waals surface area contributed by atoms with Crippen molar-refractivity contribution in [1.29, 1.82) is 0 Å². The highest BCUT2D eigenvalue weighted by molar-refractivity contribution is 5.85. The van der Waals surface area contributed by atoms with Crippen molar-refractivity contribution in [3.63, 3.8) is 0 Å². The Morgan fingerprint density at radius 1 is 1.64 bits per heavy atom. The van der Waals surface area contributed by atoms with Crippen molar-refractivity contribution >= 4 is 18.3 Å². The van der Waals surface area contributed by atoms with Gasteiger partial charge in [0, 0.05) is 6.54 Å². The van der Waals surface area contributed by atoms with Gasteiger partial charge in [0.25, 0.3) is 0 Å². The van der Waals surface area contributed by atoms with Crippen molar-refractivity contribution in [2.75, 3.05) is 13.2 Å². The van der Waals surface area contributed by atoms with E-state index in [2.05, 4.69) is 0 Å². The second-order valence-corrected chi connectivity index (χ2v) is 2.53. The lowest BCUT2D eigenvalue weighted by Gasteiger charge is -2.02. The second kappa shape index (κ2) is 4.54. The highest BCUT2D eigenvalue weighted by Gasteiger charge is 2.27. The van der Waals surface area contributed by atoms with Crippen LogP contribution in [0.5, 0.6) is 0 Å². The van der Waals surface area contributed by atoms with Gasteiger partial charge in [0.15, 0.2) is 0 Å². The van der Waals surface area contributed by atoms with E-state index in [4.69, 9.17) is 16.2 Å². The summed E-state index contributed by atoms with van der Waals surface area (Å²) in [5, 5.41) is 0. The van der Waals surface area contributed by atoms with Crippen molar-refractivity contribution < 1.29 is 9.53 Å². The Kier molecular flexibility index (Phi) is 4.40. The molecule has 4 N–H and O–H groups in total. The molecule has 0 saturated carbocycles. The molecule has 0 bridgehead atoms. The average Bonchev–Trinajstić information content (AvgIpc) is 2.34. The molecule has 1 rings (SSSR count). The summed E-state index contributed by atoms with van der Waals surface area (Å²) in [4.78, 5) is 10.6. The van der Waals surface area contributed by atoms with Crippen LogP contribution in [0.25, 0.3) is 0 Å². The quantitative estimate of drug-likeness (QED) is 0.588. The maximum Gasteiger partial charge on any atom is 0.222 e. The lowest BCUT2D eigenvalue weighted by Crippen LogP contribution is -2.24. The lowest BCUT2D eigenvalue weighted by molar-refractivity contribution is -0.121. The molecule has 0 aliphatic carbocycles. The number of rotatable bonds is 2. The second-order valence-electron chi connectivity index (χ2n) is 2.53. The summed E-state index contributed by atoms with van der Waals surface area (Å²) in [5.41, 5.74) is 10.4. The third kappa shape index (κ3) is 2.65. The molecule has 2 atom stereocenters. The molecule has 0 radical (unpaired) electrons. The van der Waals surface area contributed by atoms with Gasteiger partial charge in [-0.15, -0.1) is 12.4 Å². The minimum atomic E-state index is -0.282. The van der Waals surface area contributed by atoms with Crippen LogP contribution >= 0.6 is 12.4 Å². The zero-order valence-corrected chi connectivity index (χ0v) is 6.97. The van der Waals surface area contributed by atoms with Crippen LogP contribution in [0.1, 0.15) is 6.42 Å². The summed E-state index contributed by atoms with van der Waals surface area (Å²) in [5.74, 6) is -0.399. The molecule has 1 amide bonds. The summed E-state index contributed by atoms with van der Waals surface area (Å²) < 4.78 is 5.15. The highest BCUT2D eigenvalue weighted by Crippen LogP contribution is 2.17. The van der Waals surface area contributed by atoms with Crippen molar-refractivity contribution in [3.05, 3.63) is 0 Å². The Bertz CT molecular complexity index is 143. The molecule has 1 heterocycles. The predicted molar refractivity (Wildman–Crippen MR) is 43.3 cm³/mol. The van der Waals surface area contributed by atoms with Gasteiger partial charge in [0.05, 0.1) is 18.6 Å². The summed E-state index contributed by atoms with van der Waals surface area (Å²) in [6, 6.07) is 0. The monoisotopic (exact) mass is 180 g/mol. The Labute approximate surface area is 71.7 Å². The van der Waals surface area contributed by atoms with Gasteiger partial charge in [0.1, 0.15) is 0 Å². The van der Waals surface area contributed by atoms with Crippen LogP contribution in [0, 0.1) is 5.92 Å². The zero-order chi connectivity index (χ0) is 7.56. The first kappa shape index (κ1) is 10.7. The van der Waals surface area contributed by atoms with Crippen LogP contribution in [0.4, 0.5) is 0 Å². The van der Waals surface area contributed by atoms with Gasteiger partial charge in [-0.2, -0.15) is 0 Å². The molecule has 0 aromatic heterocycles. The summed E-state index contributed by atoms with van der Waals surface area (Å²) >= 11 is 0. The molecule has 0 spiro atoms. The van der Waals surface area contributed by atoms with Gasteiger partial charge in [-0.1, -0.05) is 0 Å². The minimum Gasteiger partial charge on any atom is -0.376 e. The van der Waals surface area contributed by atoms with E-state index in [0.29, 0.717) is 19.6 Å². The number of primary amides is 1. The van der Waals surface area contributed by atoms with Gasteiger partial charge in [-0.25, -0.2) is 0 Å². The van der Waals surface area contributed by atoms with E-state index in [1.165, 1.54) is 0 Å². The van der Waals surface area contributed by atoms with E-state index >= 15 is 0 Å². The molecule has 1 aliphatic heterocycles. The van der Waals surface area contributed by atoms with Crippen LogP contribution in [0.2, 0.25) is 0 Å². The van der Waals surface area contributed by atoms with Crippen LogP contribution in [-0.2, 0) is 9.53 Å². The lowest BCUT2D eigenvalue weighted by atomic mass is 10.1. The molecule has 1 fully saturated rings. The maximum absolute atomic E-state index is 10.6. The van der Waals surface area contributed by atoms with E-state index in [0.717, 1.165) is 0 Å². The van der Waals surface area contributed by atoms with Crippen molar-refractivity contribution in [3.8, 4) is 0 Å². The number of carbonyl (C=O) groups is 1. The van der Waals surface area contributed by atoms with E-state index in [9.17, 15) is 4.79 Å². The van der Waals surface area contributed by atoms with Crippen LogP contribution < -0.4 is 11.5 Å². The largest absolute Gasteiger partial charge is 0.376 e. The van der Waals surface area contributed by atoms with Crippen LogP contribution in [0.3, 0.4) is 0 Å². The Morgan fingerprint density at radius 3 is 2.55 bits per heavy atom. The molecule has 4 nitrogen and oxygen atoms in total. The number of nitrogens with two attached hydrogens (primary N) is 2. The van der Waals surface area contributed by atoms with E-state index in [1.54, 1.807) is 0 Å². The number of amides is 1. The molecular formula is C6H13ClN2O2. The maximum atomic E-state index is 10.6. The fraction of sp³-hybridized carbons (Fsp3) is 0.833. The van der Waals surface area contributed by atoms with Gasteiger partial charge in [-0.3, -0.25) is 4.79 Å². The van der Waals surface area contributed by atoms with Crippen LogP contribution in [-0.4, -0.2) is 25.2 Å². The SMILES string of the molecule is Cl.NCC1CC(C(N)=O)CO1. The van der Waals surface area contributed by atoms with E-state index in [1.807, 2.05) is 0 Å². The summed E-state index contributed by atoms with van der Waals surface area (Å²) in [6.45, 7) is 0.918. The number of hydrogen-bond acceptors (Lipinski definition) is 3. The first-order chi connectivity index (χ1) is 4.74. The van der Waals surface area contributed by atoms with Crippen LogP contribution in [0.15, 0.2) is 0 Å². The normalized spacial score (nSPS) is 29.5. The third-order valence-electron chi connectivity index (χ3n) is 1.75. The molecule has 0 aromatic rings. The molecule has 0 aromatic carbocycles. The molecular weight excluding hydrogens is 168 g/mol. The Balaban J connectivity index is 0.000001000. The molecule has 1 saturated heterocycles. The highest BCUT2D eigenvalue weighted by atomic mass is 35.5. The molecule has 1 aliphatic rings. The summed E-state index contributed by atoms with van der Waals surface area (Å²) in [7, 11) is 0. The van der Waals surface area contributed by atoms with Gasteiger partial charge in [-0.05, 0) is 6.42 Å². The zero-order valence-electron chi connectivity index (χ0n) is 6.16. The predicted octanol–water partition coefficient (Wildman–Crippen LogP) is -0.743. The Morgan fingerprint density at radius 2 is 2.27 bits per heavy atom. The molecule has 66 valence electrons. The number of ether oxygens (including phenoxy) is 1. The first-order valence-corrected chi connectivity index (χ1v) is 3.35. The van der Waals surface area contributed by atoms with Crippen molar-refractivity contribution in [2.45, 2.75) is 12.5 Å². The average molecular weight is 181 g/mol. The van der Waals surface area contributed by atoms with E-state index < -0.39 is 0 Å². The molecule has 5 heteroatoms. The van der Waals surface area contributed by atoms with Gasteiger partial charge < -0.3 is 16.2 Å². The summed E-state index contributed by atoms with van der Waals surface area (Å²) in [6.07, 6.45) is 0.726. The van der Waals surface area contributed by atoms with E-state index in [-0.39, 0.29) is 30.3 Å². The Hall–Kier alpha value is -0.320. The van der Waals surface area contributed by atoms with Gasteiger partial charge in [0.2, 0.25) is 5.91 Å². The fourth-order valence-electron chi connectivity index (χ4n) is 1.07. The number of carbonyl (C=O) groups excluding carboxylic acids is 1. The van der Waals surface area contributed by atoms with Gasteiger partial charge >= 0.3 is 0 Å². The standard InChI is InChI=1S/C6H12N2O2.ClH/c7-2-5-1-4(3-10-5)6(8)9;/h4-5H,1-3,7H2,(H2,8,9);1H.